The molecule has 1 amide bonds. The number of sulfonamides is 1. The third-order valence-electron chi connectivity index (χ3n) is 4.45. The minimum absolute atomic E-state index is 0.0530. The highest BCUT2D eigenvalue weighted by Gasteiger charge is 2.32. The highest BCUT2D eigenvalue weighted by atomic mass is 32.2. The van der Waals surface area contributed by atoms with Crippen LogP contribution in [0, 0.1) is 0 Å². The number of rotatable bonds is 6. The summed E-state index contributed by atoms with van der Waals surface area (Å²) in [7, 11) is -3.66. The molecule has 1 aromatic carbocycles. The molecule has 0 aliphatic carbocycles. The highest BCUT2D eigenvalue weighted by molar-refractivity contribution is 7.89. The summed E-state index contributed by atoms with van der Waals surface area (Å²) in [6.45, 7) is 6.47. The van der Waals surface area contributed by atoms with Gasteiger partial charge in [-0.25, -0.2) is 13.1 Å². The second-order valence-corrected chi connectivity index (χ2v) is 7.81. The Morgan fingerprint density at radius 3 is 2.67 bits per heavy atom. The van der Waals surface area contributed by atoms with E-state index in [-0.39, 0.29) is 17.3 Å². The molecule has 0 unspecified atom stereocenters. The van der Waals surface area contributed by atoms with Crippen molar-refractivity contribution >= 4 is 15.9 Å². The maximum Gasteiger partial charge on any atom is 0.253 e. The molecule has 0 radical (unpaired) electrons. The molecule has 2 N–H and O–H groups in total. The summed E-state index contributed by atoms with van der Waals surface area (Å²) in [5.74, 6) is -0.214. The molecule has 0 aromatic heterocycles. The number of aliphatic hydroxyl groups is 1. The van der Waals surface area contributed by atoms with E-state index in [1.807, 2.05) is 6.92 Å². The molecule has 1 saturated heterocycles. The van der Waals surface area contributed by atoms with Crippen LogP contribution in [-0.4, -0.2) is 49.6 Å². The minimum Gasteiger partial charge on any atom is -0.390 e. The summed E-state index contributed by atoms with van der Waals surface area (Å²) in [4.78, 5) is 14.3. The topological polar surface area (TPSA) is 86.7 Å². The van der Waals surface area contributed by atoms with Gasteiger partial charge in [0.2, 0.25) is 10.0 Å². The normalized spacial score (nSPS) is 17.5. The Morgan fingerprint density at radius 2 is 2.08 bits per heavy atom. The van der Waals surface area contributed by atoms with Gasteiger partial charge in [0, 0.05) is 25.2 Å². The van der Waals surface area contributed by atoms with Crippen molar-refractivity contribution in [3.05, 3.63) is 42.5 Å². The molecule has 0 atom stereocenters. The first-order valence-electron chi connectivity index (χ1n) is 8.03. The standard InChI is InChI=1S/C17H24N2O4S/c1-3-10-18-24(22,23)15-7-5-6-14(13-15)16(20)19-11-8-17(21,4-2)9-12-19/h3,5-7,13,18,21H,1,4,8-12H2,2H3. The van der Waals surface area contributed by atoms with Gasteiger partial charge in [-0.15, -0.1) is 6.58 Å². The smallest absolute Gasteiger partial charge is 0.253 e. The fourth-order valence-electron chi connectivity index (χ4n) is 2.71. The molecule has 7 heteroatoms. The van der Waals surface area contributed by atoms with Gasteiger partial charge in [-0.3, -0.25) is 4.79 Å². The lowest BCUT2D eigenvalue weighted by atomic mass is 9.89. The number of likely N-dealkylation sites (tertiary alicyclic amines) is 1. The number of hydrogen-bond donors (Lipinski definition) is 2. The third kappa shape index (κ3) is 4.23. The zero-order valence-electron chi connectivity index (χ0n) is 13.9. The molecule has 1 aliphatic rings. The van der Waals surface area contributed by atoms with Gasteiger partial charge in [-0.1, -0.05) is 19.1 Å². The number of nitrogens with one attached hydrogen (secondary N) is 1. The average molecular weight is 352 g/mol. The van der Waals surface area contributed by atoms with Crippen LogP contribution in [0.4, 0.5) is 0 Å². The van der Waals surface area contributed by atoms with Crippen LogP contribution in [0.3, 0.4) is 0 Å². The van der Waals surface area contributed by atoms with Crippen LogP contribution < -0.4 is 4.72 Å². The fraction of sp³-hybridized carbons (Fsp3) is 0.471. The summed E-state index contributed by atoms with van der Waals surface area (Å²) in [5.41, 5.74) is -0.366. The monoisotopic (exact) mass is 352 g/mol. The Bertz CT molecular complexity index is 707. The molecular formula is C17H24N2O4S. The first kappa shape index (κ1) is 18.6. The first-order chi connectivity index (χ1) is 11.3. The van der Waals surface area contributed by atoms with E-state index in [9.17, 15) is 18.3 Å². The molecule has 132 valence electrons. The predicted molar refractivity (Wildman–Crippen MR) is 92.2 cm³/mol. The summed E-state index contributed by atoms with van der Waals surface area (Å²) in [6, 6.07) is 6.00. The molecular weight excluding hydrogens is 328 g/mol. The van der Waals surface area contributed by atoms with Crippen LogP contribution in [0.25, 0.3) is 0 Å². The summed E-state index contributed by atoms with van der Waals surface area (Å²) in [6.07, 6.45) is 3.19. The summed E-state index contributed by atoms with van der Waals surface area (Å²) >= 11 is 0. The van der Waals surface area contributed by atoms with Gasteiger partial charge < -0.3 is 10.0 Å². The Labute approximate surface area is 143 Å². The van der Waals surface area contributed by atoms with E-state index < -0.39 is 15.6 Å². The van der Waals surface area contributed by atoms with Crippen molar-refractivity contribution in [2.24, 2.45) is 0 Å². The van der Waals surface area contributed by atoms with Crippen molar-refractivity contribution in [2.45, 2.75) is 36.7 Å². The van der Waals surface area contributed by atoms with Gasteiger partial charge >= 0.3 is 0 Å². The highest BCUT2D eigenvalue weighted by Crippen LogP contribution is 2.26. The lowest BCUT2D eigenvalue weighted by molar-refractivity contribution is -0.0193. The minimum atomic E-state index is -3.66. The molecule has 2 rings (SSSR count). The van der Waals surface area contributed by atoms with Crippen LogP contribution >= 0.6 is 0 Å². The number of nitrogens with zero attached hydrogens (tertiary/aromatic N) is 1. The van der Waals surface area contributed by atoms with Crippen molar-refractivity contribution in [1.29, 1.82) is 0 Å². The lowest BCUT2D eigenvalue weighted by Crippen LogP contribution is -2.46. The molecule has 6 nitrogen and oxygen atoms in total. The van der Waals surface area contributed by atoms with Crippen molar-refractivity contribution in [3.8, 4) is 0 Å². The van der Waals surface area contributed by atoms with Crippen LogP contribution in [-0.2, 0) is 10.0 Å². The van der Waals surface area contributed by atoms with Gasteiger partial charge in [0.25, 0.3) is 5.91 Å². The van der Waals surface area contributed by atoms with Gasteiger partial charge in [-0.2, -0.15) is 0 Å². The number of piperidine rings is 1. The SMILES string of the molecule is C=CCNS(=O)(=O)c1cccc(C(=O)N2CCC(O)(CC)CC2)c1. The second-order valence-electron chi connectivity index (χ2n) is 6.04. The Kier molecular flexibility index (Phi) is 5.79. The number of amides is 1. The van der Waals surface area contributed by atoms with Gasteiger partial charge in [0.15, 0.2) is 0 Å². The fourth-order valence-corrected chi connectivity index (χ4v) is 3.75. The molecule has 0 saturated carbocycles. The van der Waals surface area contributed by atoms with E-state index in [1.54, 1.807) is 17.0 Å². The van der Waals surface area contributed by atoms with Gasteiger partial charge in [-0.05, 0) is 37.5 Å². The van der Waals surface area contributed by atoms with Gasteiger partial charge in [0.05, 0.1) is 10.5 Å². The number of hydrogen-bond acceptors (Lipinski definition) is 4. The summed E-state index contributed by atoms with van der Waals surface area (Å²) < 4.78 is 26.7. The largest absolute Gasteiger partial charge is 0.390 e. The molecule has 1 heterocycles. The first-order valence-corrected chi connectivity index (χ1v) is 9.52. The van der Waals surface area contributed by atoms with E-state index in [2.05, 4.69) is 11.3 Å². The zero-order valence-corrected chi connectivity index (χ0v) is 14.7. The van der Waals surface area contributed by atoms with E-state index >= 15 is 0 Å². The van der Waals surface area contributed by atoms with Crippen LogP contribution in [0.15, 0.2) is 41.8 Å². The van der Waals surface area contributed by atoms with Crippen molar-refractivity contribution in [1.82, 2.24) is 9.62 Å². The van der Waals surface area contributed by atoms with Crippen LogP contribution in [0.2, 0.25) is 0 Å². The number of benzene rings is 1. The molecule has 1 aliphatic heterocycles. The molecule has 1 fully saturated rings. The van der Waals surface area contributed by atoms with Gasteiger partial charge in [0.1, 0.15) is 0 Å². The molecule has 1 aromatic rings. The van der Waals surface area contributed by atoms with Crippen molar-refractivity contribution in [2.75, 3.05) is 19.6 Å². The Balaban J connectivity index is 2.14. The van der Waals surface area contributed by atoms with E-state index in [0.29, 0.717) is 37.9 Å². The Hall–Kier alpha value is -1.70. The second kappa shape index (κ2) is 7.46. The zero-order chi connectivity index (χ0) is 17.8. The van der Waals surface area contributed by atoms with E-state index in [0.717, 1.165) is 0 Å². The number of carbonyl (C=O) groups excluding carboxylic acids is 1. The van der Waals surface area contributed by atoms with E-state index in [1.165, 1.54) is 18.2 Å². The quantitative estimate of drug-likeness (QED) is 0.760. The average Bonchev–Trinajstić information content (AvgIpc) is 2.60. The molecule has 24 heavy (non-hydrogen) atoms. The maximum atomic E-state index is 12.6. The maximum absolute atomic E-state index is 12.6. The molecule has 0 bridgehead atoms. The van der Waals surface area contributed by atoms with E-state index in [4.69, 9.17) is 0 Å². The van der Waals surface area contributed by atoms with Crippen LogP contribution in [0.1, 0.15) is 36.5 Å². The molecule has 0 spiro atoms. The number of carbonyl (C=O) groups is 1. The van der Waals surface area contributed by atoms with Crippen LogP contribution in [0.5, 0.6) is 0 Å². The van der Waals surface area contributed by atoms with Crippen molar-refractivity contribution < 1.29 is 18.3 Å². The predicted octanol–water partition coefficient (Wildman–Crippen LogP) is 1.53. The lowest BCUT2D eigenvalue weighted by Gasteiger charge is -2.37. The van der Waals surface area contributed by atoms with Crippen molar-refractivity contribution in [3.63, 3.8) is 0 Å². The third-order valence-corrected chi connectivity index (χ3v) is 5.87. The Morgan fingerprint density at radius 1 is 1.42 bits per heavy atom. The summed E-state index contributed by atoms with van der Waals surface area (Å²) in [5, 5.41) is 10.2.